The van der Waals surface area contributed by atoms with Gasteiger partial charge in [-0.1, -0.05) is 36.1 Å². The number of nitro groups is 1. The van der Waals surface area contributed by atoms with Crippen LogP contribution in [0.25, 0.3) is 0 Å². The van der Waals surface area contributed by atoms with Gasteiger partial charge in [-0.3, -0.25) is 19.9 Å². The van der Waals surface area contributed by atoms with Crippen LogP contribution in [0.15, 0.2) is 83.5 Å². The first-order valence-electron chi connectivity index (χ1n) is 12.1. The predicted molar refractivity (Wildman–Crippen MR) is 143 cm³/mol. The number of hydrogen-bond acceptors (Lipinski definition) is 8. The van der Waals surface area contributed by atoms with E-state index in [0.29, 0.717) is 23.5 Å². The number of carbonyl (C=O) groups excluding carboxylic acids is 2. The molecule has 0 N–H and O–H groups in total. The highest BCUT2D eigenvalue weighted by molar-refractivity contribution is 6.07. The van der Waals surface area contributed by atoms with Gasteiger partial charge in [0.05, 0.1) is 23.9 Å². The van der Waals surface area contributed by atoms with E-state index in [2.05, 4.69) is 21.8 Å². The fraction of sp³-hybridized carbons (Fsp3) is 0.241. The molecule has 39 heavy (non-hydrogen) atoms. The van der Waals surface area contributed by atoms with E-state index in [1.54, 1.807) is 32.4 Å². The summed E-state index contributed by atoms with van der Waals surface area (Å²) >= 11 is 0. The Morgan fingerprint density at radius 2 is 1.92 bits per heavy atom. The van der Waals surface area contributed by atoms with Crippen LogP contribution in [0, 0.1) is 27.9 Å². The van der Waals surface area contributed by atoms with Gasteiger partial charge in [0, 0.05) is 54.0 Å². The van der Waals surface area contributed by atoms with Gasteiger partial charge in [0.1, 0.15) is 5.92 Å². The van der Waals surface area contributed by atoms with Crippen LogP contribution in [-0.4, -0.2) is 45.8 Å². The maximum absolute atomic E-state index is 13.3. The number of nitrogens with zero attached hydrogens (tertiary/aromatic N) is 4. The summed E-state index contributed by atoms with van der Waals surface area (Å²) in [6.07, 6.45) is 5.35. The number of ether oxygens (including phenoxy) is 2. The number of nitro benzene ring substituents is 1. The minimum Gasteiger partial charge on any atom is -0.468 e. The van der Waals surface area contributed by atoms with Gasteiger partial charge in [0.15, 0.2) is 6.61 Å². The number of non-ortho nitro benzene ring substituents is 1. The summed E-state index contributed by atoms with van der Waals surface area (Å²) < 4.78 is 12.4. The smallest absolute Gasteiger partial charge is 0.337 e. The molecule has 1 aliphatic heterocycles. The minimum atomic E-state index is -0.949. The summed E-state index contributed by atoms with van der Waals surface area (Å²) in [7, 11) is 1.24. The number of aliphatic imine (C=N–C) groups is 1. The van der Waals surface area contributed by atoms with E-state index in [4.69, 9.17) is 9.47 Å². The molecule has 0 aliphatic carbocycles. The third-order valence-corrected chi connectivity index (χ3v) is 6.33. The van der Waals surface area contributed by atoms with Crippen molar-refractivity contribution >= 4 is 23.3 Å². The van der Waals surface area contributed by atoms with Crippen LogP contribution in [0.4, 0.5) is 5.69 Å². The van der Waals surface area contributed by atoms with Gasteiger partial charge in [-0.05, 0) is 37.1 Å². The highest BCUT2D eigenvalue weighted by Gasteiger charge is 2.42. The van der Waals surface area contributed by atoms with Gasteiger partial charge in [-0.25, -0.2) is 9.78 Å². The number of methoxy groups -OCH3 is 1. The molecule has 10 heteroatoms. The summed E-state index contributed by atoms with van der Waals surface area (Å²) in [6.45, 7) is 3.79. The highest BCUT2D eigenvalue weighted by Crippen LogP contribution is 2.40. The number of benzene rings is 2. The molecule has 0 amide bonds. The van der Waals surface area contributed by atoms with Gasteiger partial charge in [0.25, 0.3) is 5.69 Å². The molecule has 0 saturated carbocycles. The van der Waals surface area contributed by atoms with E-state index < -0.39 is 28.7 Å². The first-order valence-corrected chi connectivity index (χ1v) is 12.1. The first-order chi connectivity index (χ1) is 18.8. The molecule has 3 aromatic rings. The summed E-state index contributed by atoms with van der Waals surface area (Å²) in [6, 6.07) is 13.5. The largest absolute Gasteiger partial charge is 0.468 e. The maximum Gasteiger partial charge on any atom is 0.337 e. The first kappa shape index (κ1) is 27.0. The molecule has 4 rings (SSSR count). The van der Waals surface area contributed by atoms with Crippen LogP contribution in [-0.2, 0) is 25.6 Å². The van der Waals surface area contributed by atoms with Crippen molar-refractivity contribution in [2.24, 2.45) is 10.9 Å². The molecule has 2 atom stereocenters. The fourth-order valence-electron chi connectivity index (χ4n) is 4.53. The SMILES string of the molecule is COC(=O)C1C(C)=NC(C)=C(C(=O)OCC#Cc2ccc(Cn3ccnc3)cc2)C1c1cccc([N+](=O)[O-])c1. The number of rotatable bonds is 7. The highest BCUT2D eigenvalue weighted by atomic mass is 16.6. The van der Waals surface area contributed by atoms with E-state index >= 15 is 0 Å². The second-order valence-corrected chi connectivity index (χ2v) is 8.89. The Morgan fingerprint density at radius 3 is 2.59 bits per heavy atom. The summed E-state index contributed by atoms with van der Waals surface area (Å²) in [4.78, 5) is 45.3. The topological polar surface area (TPSA) is 126 Å². The minimum absolute atomic E-state index is 0.127. The van der Waals surface area contributed by atoms with E-state index in [0.717, 1.165) is 11.1 Å². The predicted octanol–water partition coefficient (Wildman–Crippen LogP) is 4.06. The Hall–Kier alpha value is -5.04. The van der Waals surface area contributed by atoms with Crippen molar-refractivity contribution in [1.82, 2.24) is 9.55 Å². The van der Waals surface area contributed by atoms with Gasteiger partial charge in [0.2, 0.25) is 0 Å². The zero-order chi connectivity index (χ0) is 27.9. The number of carbonyl (C=O) groups is 2. The lowest BCUT2D eigenvalue weighted by Crippen LogP contribution is -2.36. The van der Waals surface area contributed by atoms with E-state index in [1.165, 1.54) is 25.3 Å². The lowest BCUT2D eigenvalue weighted by molar-refractivity contribution is -0.384. The van der Waals surface area contributed by atoms with Crippen molar-refractivity contribution in [2.75, 3.05) is 13.7 Å². The molecule has 1 aliphatic rings. The molecule has 0 bridgehead atoms. The van der Waals surface area contributed by atoms with Crippen LogP contribution < -0.4 is 0 Å². The average Bonchev–Trinajstić information content (AvgIpc) is 3.44. The Labute approximate surface area is 225 Å². The lowest BCUT2D eigenvalue weighted by atomic mass is 9.75. The summed E-state index contributed by atoms with van der Waals surface area (Å²) in [5.41, 5.74) is 3.01. The molecule has 1 aromatic heterocycles. The second-order valence-electron chi connectivity index (χ2n) is 8.89. The number of imidazole rings is 1. The van der Waals surface area contributed by atoms with Crippen molar-refractivity contribution in [3.63, 3.8) is 0 Å². The molecule has 10 nitrogen and oxygen atoms in total. The van der Waals surface area contributed by atoms with Gasteiger partial charge in [-0.2, -0.15) is 0 Å². The Bertz CT molecular complexity index is 1510. The van der Waals surface area contributed by atoms with Crippen LogP contribution in [0.2, 0.25) is 0 Å². The van der Waals surface area contributed by atoms with Crippen molar-refractivity contribution in [3.05, 3.63) is 105 Å². The summed E-state index contributed by atoms with van der Waals surface area (Å²) in [5, 5.41) is 11.4. The van der Waals surface area contributed by atoms with Gasteiger partial charge >= 0.3 is 11.9 Å². The molecule has 0 spiro atoms. The average molecular weight is 527 g/mol. The normalized spacial score (nSPS) is 16.5. The summed E-state index contributed by atoms with van der Waals surface area (Å²) in [5.74, 6) is 2.66. The number of esters is 2. The Kier molecular flexibility index (Phi) is 8.31. The molecular weight excluding hydrogens is 500 g/mol. The van der Waals surface area contributed by atoms with E-state index in [9.17, 15) is 19.7 Å². The van der Waals surface area contributed by atoms with Crippen LogP contribution in [0.5, 0.6) is 0 Å². The third kappa shape index (κ3) is 6.27. The number of hydrogen-bond donors (Lipinski definition) is 0. The monoisotopic (exact) mass is 526 g/mol. The van der Waals surface area contributed by atoms with Crippen molar-refractivity contribution in [2.45, 2.75) is 26.3 Å². The van der Waals surface area contributed by atoms with Gasteiger partial charge in [-0.15, -0.1) is 0 Å². The fourth-order valence-corrected chi connectivity index (χ4v) is 4.53. The van der Waals surface area contributed by atoms with Gasteiger partial charge < -0.3 is 14.0 Å². The maximum atomic E-state index is 13.3. The number of aromatic nitrogens is 2. The molecule has 2 aromatic carbocycles. The van der Waals surface area contributed by atoms with E-state index in [1.807, 2.05) is 35.0 Å². The van der Waals surface area contributed by atoms with Crippen molar-refractivity contribution in [1.29, 1.82) is 0 Å². The molecule has 2 unspecified atom stereocenters. The van der Waals surface area contributed by atoms with Crippen LogP contribution in [0.3, 0.4) is 0 Å². The Balaban J connectivity index is 1.53. The Morgan fingerprint density at radius 1 is 1.15 bits per heavy atom. The lowest BCUT2D eigenvalue weighted by Gasteiger charge is -2.31. The molecule has 0 fully saturated rings. The van der Waals surface area contributed by atoms with E-state index in [-0.39, 0.29) is 17.9 Å². The standard InChI is InChI=1S/C29H26N4O6/c1-19-25(28(34)38-3)27(23-7-4-8-24(16-23)33(36)37)26(20(2)31-19)29(35)39-15-5-6-21-9-11-22(12-10-21)17-32-14-13-30-18-32/h4,7-14,16,18,25,27H,15,17H2,1-3H3. The second kappa shape index (κ2) is 12.0. The van der Waals surface area contributed by atoms with Crippen LogP contribution >= 0.6 is 0 Å². The molecular formula is C29H26N4O6. The quantitative estimate of drug-likeness (QED) is 0.197. The zero-order valence-corrected chi connectivity index (χ0v) is 21.7. The van der Waals surface area contributed by atoms with Crippen molar-refractivity contribution in [3.8, 4) is 11.8 Å². The molecule has 0 saturated heterocycles. The molecule has 2 heterocycles. The molecule has 198 valence electrons. The van der Waals surface area contributed by atoms with Crippen LogP contribution in [0.1, 0.15) is 36.5 Å². The number of allylic oxidation sites excluding steroid dienone is 1. The third-order valence-electron chi connectivity index (χ3n) is 6.33. The zero-order valence-electron chi connectivity index (χ0n) is 21.7. The molecule has 0 radical (unpaired) electrons. The van der Waals surface area contributed by atoms with Crippen molar-refractivity contribution < 1.29 is 24.0 Å².